The van der Waals surface area contributed by atoms with Crippen LogP contribution in [-0.2, 0) is 16.0 Å². The monoisotopic (exact) mass is 283 g/mol. The number of amides is 1. The van der Waals surface area contributed by atoms with Crippen LogP contribution in [-0.4, -0.2) is 33.5 Å². The van der Waals surface area contributed by atoms with E-state index in [9.17, 15) is 19.2 Å². The van der Waals surface area contributed by atoms with Gasteiger partial charge in [0, 0.05) is 24.7 Å². The average Bonchev–Trinajstić information content (AvgIpc) is 2.32. The van der Waals surface area contributed by atoms with Gasteiger partial charge in [0.05, 0.1) is 6.42 Å². The van der Waals surface area contributed by atoms with Gasteiger partial charge in [-0.05, 0) is 5.92 Å². The van der Waals surface area contributed by atoms with Gasteiger partial charge in [0.15, 0.2) is 0 Å². The molecule has 8 heteroatoms. The SMILES string of the molecule is CCC(CNC(=O)Cc1cc(=O)[nH]c(=O)[nH]1)CC(=O)O. The van der Waals surface area contributed by atoms with E-state index in [1.54, 1.807) is 0 Å². The fourth-order valence-electron chi connectivity index (χ4n) is 1.72. The van der Waals surface area contributed by atoms with E-state index < -0.39 is 17.2 Å². The molecular formula is C12H17N3O5. The van der Waals surface area contributed by atoms with E-state index in [0.717, 1.165) is 6.07 Å². The Labute approximate surface area is 114 Å². The second kappa shape index (κ2) is 7.27. The Kier molecular flexibility index (Phi) is 5.70. The first kappa shape index (κ1) is 15.7. The van der Waals surface area contributed by atoms with Crippen molar-refractivity contribution in [3.8, 4) is 0 Å². The molecule has 0 saturated heterocycles. The molecule has 1 heterocycles. The number of hydrogen-bond acceptors (Lipinski definition) is 4. The largest absolute Gasteiger partial charge is 0.481 e. The molecule has 0 saturated carbocycles. The van der Waals surface area contributed by atoms with Crippen molar-refractivity contribution in [2.45, 2.75) is 26.2 Å². The van der Waals surface area contributed by atoms with Crippen molar-refractivity contribution in [3.05, 3.63) is 32.6 Å². The summed E-state index contributed by atoms with van der Waals surface area (Å²) in [6.07, 6.45) is 0.482. The molecule has 0 aliphatic carbocycles. The van der Waals surface area contributed by atoms with Gasteiger partial charge in [0.25, 0.3) is 5.56 Å². The maximum Gasteiger partial charge on any atom is 0.325 e. The summed E-state index contributed by atoms with van der Waals surface area (Å²) in [5.74, 6) is -1.44. The average molecular weight is 283 g/mol. The molecule has 1 aromatic heterocycles. The Morgan fingerprint density at radius 2 is 2.05 bits per heavy atom. The van der Waals surface area contributed by atoms with Gasteiger partial charge >= 0.3 is 11.7 Å². The fourth-order valence-corrected chi connectivity index (χ4v) is 1.72. The van der Waals surface area contributed by atoms with E-state index >= 15 is 0 Å². The smallest absolute Gasteiger partial charge is 0.325 e. The lowest BCUT2D eigenvalue weighted by Gasteiger charge is -2.13. The third kappa shape index (κ3) is 5.51. The van der Waals surface area contributed by atoms with Gasteiger partial charge in [0.2, 0.25) is 5.91 Å². The summed E-state index contributed by atoms with van der Waals surface area (Å²) < 4.78 is 0. The van der Waals surface area contributed by atoms with E-state index in [1.807, 2.05) is 11.9 Å². The number of carboxylic acid groups (broad SMARTS) is 1. The number of aromatic nitrogens is 2. The number of aromatic amines is 2. The second-order valence-corrected chi connectivity index (χ2v) is 4.47. The number of hydrogen-bond donors (Lipinski definition) is 4. The molecule has 20 heavy (non-hydrogen) atoms. The molecule has 1 amide bonds. The molecule has 1 rings (SSSR count). The van der Waals surface area contributed by atoms with E-state index in [2.05, 4.69) is 10.3 Å². The van der Waals surface area contributed by atoms with Crippen LogP contribution in [0.3, 0.4) is 0 Å². The first-order valence-corrected chi connectivity index (χ1v) is 6.21. The van der Waals surface area contributed by atoms with Crippen LogP contribution in [0.5, 0.6) is 0 Å². The highest BCUT2D eigenvalue weighted by atomic mass is 16.4. The van der Waals surface area contributed by atoms with Crippen LogP contribution in [0.15, 0.2) is 15.7 Å². The Hall–Kier alpha value is -2.38. The highest BCUT2D eigenvalue weighted by Gasteiger charge is 2.13. The Bertz CT molecular complexity index is 561. The Balaban J connectivity index is 2.53. The summed E-state index contributed by atoms with van der Waals surface area (Å²) in [7, 11) is 0. The van der Waals surface area contributed by atoms with Gasteiger partial charge in [-0.3, -0.25) is 19.4 Å². The van der Waals surface area contributed by atoms with Crippen LogP contribution in [0, 0.1) is 5.92 Å². The summed E-state index contributed by atoms with van der Waals surface area (Å²) in [5.41, 5.74) is -1.03. The van der Waals surface area contributed by atoms with Crippen molar-refractivity contribution >= 4 is 11.9 Å². The van der Waals surface area contributed by atoms with Crippen molar-refractivity contribution in [1.29, 1.82) is 0 Å². The van der Waals surface area contributed by atoms with Crippen LogP contribution >= 0.6 is 0 Å². The van der Waals surface area contributed by atoms with E-state index in [4.69, 9.17) is 5.11 Å². The van der Waals surface area contributed by atoms with Crippen LogP contribution in [0.1, 0.15) is 25.5 Å². The predicted molar refractivity (Wildman–Crippen MR) is 70.4 cm³/mol. The molecular weight excluding hydrogens is 266 g/mol. The van der Waals surface area contributed by atoms with Gasteiger partial charge < -0.3 is 15.4 Å². The van der Waals surface area contributed by atoms with Crippen LogP contribution < -0.4 is 16.6 Å². The van der Waals surface area contributed by atoms with Gasteiger partial charge in [0.1, 0.15) is 0 Å². The first-order chi connectivity index (χ1) is 9.40. The van der Waals surface area contributed by atoms with Crippen LogP contribution in [0.4, 0.5) is 0 Å². The lowest BCUT2D eigenvalue weighted by Crippen LogP contribution is -2.32. The first-order valence-electron chi connectivity index (χ1n) is 6.21. The van der Waals surface area contributed by atoms with E-state index in [-0.39, 0.29) is 36.9 Å². The highest BCUT2D eigenvalue weighted by Crippen LogP contribution is 2.06. The quantitative estimate of drug-likeness (QED) is 0.521. The minimum Gasteiger partial charge on any atom is -0.481 e. The van der Waals surface area contributed by atoms with Gasteiger partial charge in [-0.2, -0.15) is 0 Å². The fraction of sp³-hybridized carbons (Fsp3) is 0.500. The number of nitrogens with one attached hydrogen (secondary N) is 3. The van der Waals surface area contributed by atoms with Crippen molar-refractivity contribution in [3.63, 3.8) is 0 Å². The number of carboxylic acids is 1. The Morgan fingerprint density at radius 1 is 1.35 bits per heavy atom. The van der Waals surface area contributed by atoms with E-state index in [1.165, 1.54) is 0 Å². The number of H-pyrrole nitrogens is 2. The molecule has 110 valence electrons. The van der Waals surface area contributed by atoms with Crippen molar-refractivity contribution < 1.29 is 14.7 Å². The van der Waals surface area contributed by atoms with Crippen LogP contribution in [0.2, 0.25) is 0 Å². The molecule has 1 unspecified atom stereocenters. The standard InChI is InChI=1S/C12H17N3O5/c1-2-7(3-11(18)19)6-13-9(16)4-8-5-10(17)15-12(20)14-8/h5,7H,2-4,6H2,1H3,(H,13,16)(H,18,19)(H2,14,15,17,20). The normalized spacial score (nSPS) is 11.8. The summed E-state index contributed by atoms with van der Waals surface area (Å²) in [4.78, 5) is 48.7. The molecule has 1 atom stereocenters. The zero-order valence-electron chi connectivity index (χ0n) is 11.1. The number of rotatable bonds is 7. The predicted octanol–water partition coefficient (Wildman–Crippen LogP) is -0.777. The number of aliphatic carboxylic acids is 1. The zero-order chi connectivity index (χ0) is 15.1. The molecule has 0 spiro atoms. The maximum atomic E-state index is 11.6. The summed E-state index contributed by atoms with van der Waals surface area (Å²) in [6, 6.07) is 1.13. The van der Waals surface area contributed by atoms with Gasteiger partial charge in [-0.25, -0.2) is 4.79 Å². The second-order valence-electron chi connectivity index (χ2n) is 4.47. The Morgan fingerprint density at radius 3 is 2.60 bits per heavy atom. The van der Waals surface area contributed by atoms with Crippen molar-refractivity contribution in [1.82, 2.24) is 15.3 Å². The summed E-state index contributed by atoms with van der Waals surface area (Å²) in [6.45, 7) is 2.09. The summed E-state index contributed by atoms with van der Waals surface area (Å²) in [5, 5.41) is 11.3. The minimum absolute atomic E-state index is 0.0153. The molecule has 0 radical (unpaired) electrons. The highest BCUT2D eigenvalue weighted by molar-refractivity contribution is 5.78. The molecule has 0 aliphatic rings. The molecule has 4 N–H and O–H groups in total. The topological polar surface area (TPSA) is 132 Å². The third-order valence-electron chi connectivity index (χ3n) is 2.80. The van der Waals surface area contributed by atoms with Gasteiger partial charge in [-0.15, -0.1) is 0 Å². The molecule has 1 aromatic rings. The summed E-state index contributed by atoms with van der Waals surface area (Å²) >= 11 is 0. The van der Waals surface area contributed by atoms with E-state index in [0.29, 0.717) is 6.42 Å². The van der Waals surface area contributed by atoms with Crippen LogP contribution in [0.25, 0.3) is 0 Å². The minimum atomic E-state index is -0.912. The van der Waals surface area contributed by atoms with Crippen molar-refractivity contribution in [2.24, 2.45) is 5.92 Å². The zero-order valence-corrected chi connectivity index (χ0v) is 11.1. The lowest BCUT2D eigenvalue weighted by molar-refractivity contribution is -0.138. The number of carbonyl (C=O) groups is 2. The molecule has 0 bridgehead atoms. The molecule has 8 nitrogen and oxygen atoms in total. The molecule has 0 aromatic carbocycles. The van der Waals surface area contributed by atoms with Crippen molar-refractivity contribution in [2.75, 3.05) is 6.54 Å². The maximum absolute atomic E-state index is 11.6. The number of carbonyl (C=O) groups excluding carboxylic acids is 1. The lowest BCUT2D eigenvalue weighted by atomic mass is 10.0. The third-order valence-corrected chi connectivity index (χ3v) is 2.80. The molecule has 0 aliphatic heterocycles. The van der Waals surface area contributed by atoms with Gasteiger partial charge in [-0.1, -0.05) is 13.3 Å². The molecule has 0 fully saturated rings.